The number of esters is 1. The van der Waals surface area contributed by atoms with Crippen LogP contribution in [-0.2, 0) is 13.6 Å². The standard InChI is InChI=1S/C28H40ClN3O4Si.C24H32ClN3O4Si/c1-25(2,3)35-24(33)18-9-10-20(30-23(18)29)32-16-11-21(31-32)34-17-19(36-37(7,8)26(4,5)6)22-27(12-13-27)28(22)14-15-28;1-22(2,3)33(4,5)32-16(19-23(9-10-23)24(19)11-12-24)14-31-18-8-13-28(27-18)17-7-6-15(21(29)30)20(25)26-17/h9-11,16,19,22H,12-15,17H2,1-8H3;6-8,13,16,19H,9-12,14H2,1-5H3,(H,29,30). The molecular formula is C52H72Cl2N6O8Si2. The fourth-order valence-electron chi connectivity index (χ4n) is 11.4. The first-order valence-electron chi connectivity index (χ1n) is 25.0. The number of aromatic nitrogens is 6. The van der Waals surface area contributed by atoms with Gasteiger partial charge in [-0.3, -0.25) is 0 Å². The predicted octanol–water partition coefficient (Wildman–Crippen LogP) is 12.4. The highest BCUT2D eigenvalue weighted by Gasteiger charge is 2.89. The van der Waals surface area contributed by atoms with Crippen molar-refractivity contribution in [3.05, 3.63) is 70.2 Å². The van der Waals surface area contributed by atoms with Crippen molar-refractivity contribution in [3.8, 4) is 23.4 Å². The van der Waals surface area contributed by atoms with E-state index in [2.05, 4.69) is 87.9 Å². The maximum Gasteiger partial charge on any atom is 0.341 e. The molecule has 1 N–H and O–H groups in total. The summed E-state index contributed by atoms with van der Waals surface area (Å²) in [4.78, 5) is 32.1. The SMILES string of the molecule is CC(C)(C)OC(=O)c1ccc(-n2ccc(OCC(O[Si](C)(C)C(C)(C)C)C3C4(CC4)C34CC4)n2)nc1Cl.CC(C)(C)[Si](C)(C)OC(COc1ccn(-c2ccc(C(=O)O)c(Cl)n2)n1)C1C2(CC2)C12CC2. The Balaban J connectivity index is 0.000000175. The summed E-state index contributed by atoms with van der Waals surface area (Å²) in [6.45, 7) is 29.4. The largest absolute Gasteiger partial charge is 0.478 e. The molecule has 4 aromatic rings. The van der Waals surface area contributed by atoms with E-state index < -0.39 is 34.2 Å². The summed E-state index contributed by atoms with van der Waals surface area (Å²) in [6, 6.07) is 9.93. The van der Waals surface area contributed by atoms with Crippen molar-refractivity contribution in [3.63, 3.8) is 0 Å². The maximum absolute atomic E-state index is 12.4. The van der Waals surface area contributed by atoms with Crippen LogP contribution in [0, 0.1) is 33.5 Å². The molecule has 6 aliphatic carbocycles. The van der Waals surface area contributed by atoms with Crippen LogP contribution in [0.1, 0.15) is 134 Å². The van der Waals surface area contributed by atoms with Gasteiger partial charge < -0.3 is 28.2 Å². The zero-order valence-corrected chi connectivity index (χ0v) is 46.8. The number of halogens is 2. The van der Waals surface area contributed by atoms with Gasteiger partial charge in [-0.05, 0) is 166 Å². The Morgan fingerprint density at radius 3 is 1.29 bits per heavy atom. The minimum absolute atomic E-state index is 0.0397. The van der Waals surface area contributed by atoms with Crippen LogP contribution in [0.25, 0.3) is 11.6 Å². The lowest BCUT2D eigenvalue weighted by Gasteiger charge is -2.39. The van der Waals surface area contributed by atoms with E-state index in [1.54, 1.807) is 46.0 Å². The molecule has 0 radical (unpaired) electrons. The first-order chi connectivity index (χ1) is 32.5. The average Bonchev–Trinajstić information content (AvgIpc) is 3.95. The van der Waals surface area contributed by atoms with Gasteiger partial charge in [-0.15, -0.1) is 10.2 Å². The predicted molar refractivity (Wildman–Crippen MR) is 274 cm³/mol. The smallest absolute Gasteiger partial charge is 0.341 e. The molecule has 6 saturated carbocycles. The zero-order chi connectivity index (χ0) is 50.8. The van der Waals surface area contributed by atoms with E-state index in [0.29, 0.717) is 70.1 Å². The number of hydrogen-bond acceptors (Lipinski definition) is 11. The third-order valence-corrected chi connectivity index (χ3v) is 27.1. The number of rotatable bonds is 16. The number of nitrogens with zero attached hydrogens (tertiary/aromatic N) is 6. The molecule has 0 bridgehead atoms. The lowest BCUT2D eigenvalue weighted by molar-refractivity contribution is 0.00689. The number of carbonyl (C=O) groups is 2. The number of carbonyl (C=O) groups excluding carboxylic acids is 1. The molecule has 14 nitrogen and oxygen atoms in total. The quantitative estimate of drug-likeness (QED) is 0.0643. The van der Waals surface area contributed by atoms with Gasteiger partial charge >= 0.3 is 11.9 Å². The summed E-state index contributed by atoms with van der Waals surface area (Å²) in [5, 5.41) is 18.5. The summed E-state index contributed by atoms with van der Waals surface area (Å²) in [5.41, 5.74) is 1.67. The molecule has 70 heavy (non-hydrogen) atoms. The fourth-order valence-corrected chi connectivity index (χ4v) is 14.5. The van der Waals surface area contributed by atoms with E-state index in [1.165, 1.54) is 57.4 Å². The van der Waals surface area contributed by atoms with Crippen molar-refractivity contribution < 1.29 is 37.8 Å². The van der Waals surface area contributed by atoms with E-state index in [-0.39, 0.29) is 43.7 Å². The van der Waals surface area contributed by atoms with E-state index in [1.807, 2.05) is 26.8 Å². The van der Waals surface area contributed by atoms with Crippen molar-refractivity contribution in [2.45, 2.75) is 168 Å². The van der Waals surface area contributed by atoms with Crippen LogP contribution in [0.3, 0.4) is 0 Å². The molecular weight excluding hydrogens is 964 g/mol. The van der Waals surface area contributed by atoms with Crippen LogP contribution < -0.4 is 9.47 Å². The molecule has 4 aromatic heterocycles. The number of aromatic carboxylic acids is 1. The van der Waals surface area contributed by atoms with Gasteiger partial charge in [0, 0.05) is 24.5 Å². The molecule has 0 aromatic carbocycles. The second kappa shape index (κ2) is 17.1. The number of fused-ring (bicyclic) bond motifs is 2. The fraction of sp³-hybridized carbons (Fsp3) is 0.654. The van der Waals surface area contributed by atoms with Crippen molar-refractivity contribution in [1.82, 2.24) is 29.5 Å². The molecule has 2 atom stereocenters. The van der Waals surface area contributed by atoms with Crippen LogP contribution in [0.5, 0.6) is 11.8 Å². The molecule has 380 valence electrons. The Morgan fingerprint density at radius 2 is 0.986 bits per heavy atom. The lowest BCUT2D eigenvalue weighted by Crippen LogP contribution is -2.46. The Kier molecular flexibility index (Phi) is 12.5. The summed E-state index contributed by atoms with van der Waals surface area (Å²) >= 11 is 12.3. The molecule has 6 fully saturated rings. The van der Waals surface area contributed by atoms with E-state index in [9.17, 15) is 9.59 Å². The third-order valence-electron chi connectivity index (χ3n) is 17.5. The molecule has 2 unspecified atom stereocenters. The van der Waals surface area contributed by atoms with Crippen LogP contribution in [0.2, 0.25) is 46.6 Å². The maximum atomic E-state index is 12.4. The lowest BCUT2D eigenvalue weighted by atomic mass is 10.2. The van der Waals surface area contributed by atoms with Gasteiger partial charge in [-0.25, -0.2) is 28.9 Å². The highest BCUT2D eigenvalue weighted by molar-refractivity contribution is 6.74. The van der Waals surface area contributed by atoms with E-state index in [0.717, 1.165) is 0 Å². The monoisotopic (exact) mass is 1030 g/mol. The van der Waals surface area contributed by atoms with E-state index in [4.69, 9.17) is 51.4 Å². The van der Waals surface area contributed by atoms with Crippen molar-refractivity contribution in [2.24, 2.45) is 33.5 Å². The number of ether oxygens (including phenoxy) is 3. The Morgan fingerprint density at radius 1 is 0.629 bits per heavy atom. The molecule has 0 saturated heterocycles. The zero-order valence-electron chi connectivity index (χ0n) is 43.2. The van der Waals surface area contributed by atoms with Crippen LogP contribution in [0.4, 0.5) is 0 Å². The molecule has 0 amide bonds. The van der Waals surface area contributed by atoms with Gasteiger partial charge in [0.2, 0.25) is 11.8 Å². The van der Waals surface area contributed by atoms with Gasteiger partial charge in [0.05, 0.1) is 23.3 Å². The molecule has 18 heteroatoms. The van der Waals surface area contributed by atoms with Crippen molar-refractivity contribution >= 4 is 51.8 Å². The first kappa shape index (κ1) is 51.1. The van der Waals surface area contributed by atoms with Crippen LogP contribution in [-0.4, -0.2) is 94.2 Å². The number of hydrogen-bond donors (Lipinski definition) is 1. The van der Waals surface area contributed by atoms with E-state index >= 15 is 0 Å². The Bertz CT molecular complexity index is 2630. The molecule has 10 rings (SSSR count). The second-order valence-electron chi connectivity index (χ2n) is 25.1. The van der Waals surface area contributed by atoms with Gasteiger partial charge in [0.25, 0.3) is 0 Å². The number of pyridine rings is 2. The van der Waals surface area contributed by atoms with Gasteiger partial charge in [0.1, 0.15) is 29.1 Å². The molecule has 0 aliphatic heterocycles. The highest BCUT2D eigenvalue weighted by atomic mass is 35.5. The minimum Gasteiger partial charge on any atom is -0.478 e. The first-order valence-corrected chi connectivity index (χ1v) is 31.6. The number of carboxylic acid groups (broad SMARTS) is 1. The van der Waals surface area contributed by atoms with Gasteiger partial charge in [0.15, 0.2) is 28.3 Å². The molecule has 6 aliphatic rings. The molecule has 4 spiro atoms. The molecule has 4 heterocycles. The van der Waals surface area contributed by atoms with Crippen LogP contribution >= 0.6 is 23.2 Å². The summed E-state index contributed by atoms with van der Waals surface area (Å²) < 4.78 is 34.9. The summed E-state index contributed by atoms with van der Waals surface area (Å²) in [5.74, 6) is 1.54. The minimum atomic E-state index is -1.95. The Hall–Kier alpha value is -3.81. The van der Waals surface area contributed by atoms with Gasteiger partial charge in [-0.1, -0.05) is 64.7 Å². The summed E-state index contributed by atoms with van der Waals surface area (Å²) in [7, 11) is -3.90. The normalized spacial score (nSPS) is 21.0. The second-order valence-corrected chi connectivity index (χ2v) is 35.3. The summed E-state index contributed by atoms with van der Waals surface area (Å²) in [6.07, 6.45) is 14.4. The highest BCUT2D eigenvalue weighted by Crippen LogP contribution is 2.94. The van der Waals surface area contributed by atoms with Crippen LogP contribution in [0.15, 0.2) is 48.8 Å². The average molecular weight is 1040 g/mol. The van der Waals surface area contributed by atoms with Crippen molar-refractivity contribution in [1.29, 1.82) is 0 Å². The Labute approximate surface area is 425 Å². The topological polar surface area (TPSA) is 162 Å². The van der Waals surface area contributed by atoms with Gasteiger partial charge in [-0.2, -0.15) is 0 Å². The van der Waals surface area contributed by atoms with Crippen molar-refractivity contribution in [2.75, 3.05) is 13.2 Å². The third kappa shape index (κ3) is 9.39. The number of carboxylic acids is 1.